The van der Waals surface area contributed by atoms with Crippen LogP contribution < -0.4 is 31.1 Å². The van der Waals surface area contributed by atoms with Gasteiger partial charge in [-0.3, -0.25) is 0 Å². The predicted octanol–water partition coefficient (Wildman–Crippen LogP) is 19.1. The fourth-order valence-electron chi connectivity index (χ4n) is 14.5. The van der Waals surface area contributed by atoms with Crippen LogP contribution in [0.15, 0.2) is 152 Å². The van der Waals surface area contributed by atoms with Crippen LogP contribution in [0.2, 0.25) is 0 Å². The Morgan fingerprint density at radius 1 is 0.388 bits per heavy atom. The number of fused-ring (bicyclic) bond motifs is 7. The van der Waals surface area contributed by atoms with Crippen molar-refractivity contribution in [3.63, 3.8) is 0 Å². The summed E-state index contributed by atoms with van der Waals surface area (Å²) in [5.74, 6) is 0. The second kappa shape index (κ2) is 17.9. The van der Waals surface area contributed by atoms with E-state index in [4.69, 9.17) is 0 Å². The van der Waals surface area contributed by atoms with Gasteiger partial charge in [0.05, 0.1) is 0 Å². The van der Waals surface area contributed by atoms with E-state index in [0.29, 0.717) is 0 Å². The van der Waals surface area contributed by atoms with E-state index in [1.54, 1.807) is 0 Å². The molecule has 0 unspecified atom stereocenters. The maximum Gasteiger partial charge on any atom is 0.252 e. The number of anilines is 9. The fraction of sp³-hybridized carbons (Fsp3) is 0.368. The van der Waals surface area contributed by atoms with Crippen molar-refractivity contribution in [2.24, 2.45) is 0 Å². The van der Waals surface area contributed by atoms with E-state index < -0.39 is 0 Å². The Bertz CT molecular complexity index is 3730. The molecule has 4 heteroatoms. The minimum atomic E-state index is -0.233. The molecule has 12 rings (SSSR count). The average molecular weight is 1050 g/mol. The van der Waals surface area contributed by atoms with Crippen molar-refractivity contribution in [2.45, 2.75) is 182 Å². The molecule has 0 atom stereocenters. The summed E-state index contributed by atoms with van der Waals surface area (Å²) in [5.41, 5.74) is 29.8. The molecule has 0 saturated carbocycles. The van der Waals surface area contributed by atoms with Gasteiger partial charge in [-0.05, 0) is 204 Å². The van der Waals surface area contributed by atoms with Crippen molar-refractivity contribution in [1.82, 2.24) is 0 Å². The highest BCUT2D eigenvalue weighted by Crippen LogP contribution is 2.55. The van der Waals surface area contributed by atoms with Gasteiger partial charge in [0.2, 0.25) is 0 Å². The van der Waals surface area contributed by atoms with E-state index in [2.05, 4.69) is 298 Å². The highest BCUT2D eigenvalue weighted by atomic mass is 15.2. The Balaban J connectivity index is 1.17. The summed E-state index contributed by atoms with van der Waals surface area (Å²) in [6.45, 7) is 45.1. The van der Waals surface area contributed by atoms with Crippen molar-refractivity contribution in [1.29, 1.82) is 0 Å². The van der Waals surface area contributed by atoms with Crippen molar-refractivity contribution in [3.8, 4) is 0 Å². The van der Waals surface area contributed by atoms with Gasteiger partial charge in [0.25, 0.3) is 6.71 Å². The van der Waals surface area contributed by atoms with Crippen LogP contribution in [0.5, 0.6) is 0 Å². The molecular formula is C76H86BN3. The number of hydrogen-bond acceptors (Lipinski definition) is 3. The summed E-state index contributed by atoms with van der Waals surface area (Å²) in [6.07, 6.45) is 2.34. The van der Waals surface area contributed by atoms with Crippen LogP contribution in [-0.2, 0) is 37.9 Å². The number of hydrogen-bond donors (Lipinski definition) is 0. The molecule has 80 heavy (non-hydrogen) atoms. The van der Waals surface area contributed by atoms with Crippen molar-refractivity contribution in [2.75, 3.05) is 14.7 Å². The molecule has 0 aromatic heterocycles. The van der Waals surface area contributed by atoms with Gasteiger partial charge >= 0.3 is 0 Å². The molecule has 408 valence electrons. The zero-order chi connectivity index (χ0) is 57.2. The van der Waals surface area contributed by atoms with Crippen LogP contribution >= 0.6 is 0 Å². The zero-order valence-corrected chi connectivity index (χ0v) is 51.8. The molecule has 8 aromatic rings. The van der Waals surface area contributed by atoms with E-state index in [9.17, 15) is 0 Å². The molecule has 3 nitrogen and oxygen atoms in total. The summed E-state index contributed by atoms with van der Waals surface area (Å²) in [5, 5.41) is 0. The Hall–Kier alpha value is -6.78. The van der Waals surface area contributed by atoms with Gasteiger partial charge in [-0.15, -0.1) is 0 Å². The highest BCUT2D eigenvalue weighted by molar-refractivity contribution is 7.00. The number of rotatable bonds is 5. The third-order valence-electron chi connectivity index (χ3n) is 19.6. The predicted molar refractivity (Wildman–Crippen MR) is 347 cm³/mol. The van der Waals surface area contributed by atoms with Crippen LogP contribution in [0.25, 0.3) is 0 Å². The summed E-state index contributed by atoms with van der Waals surface area (Å²) >= 11 is 0. The van der Waals surface area contributed by atoms with E-state index in [0.717, 1.165) is 29.2 Å². The van der Waals surface area contributed by atoms with Crippen LogP contribution in [0.1, 0.15) is 192 Å². The van der Waals surface area contributed by atoms with Gasteiger partial charge in [0.1, 0.15) is 0 Å². The molecule has 8 aromatic carbocycles. The molecule has 0 radical (unpaired) electrons. The molecule has 4 aliphatic rings. The van der Waals surface area contributed by atoms with Crippen molar-refractivity contribution < 1.29 is 0 Å². The average Bonchev–Trinajstić information content (AvgIpc) is 2.53. The Kier molecular flexibility index (Phi) is 12.0. The standard InChI is InChI=1S/C76H86BN3/c1-47-40-67-69-68(41-47)80(64-45-59-58(42-48(64)2)73(12,13)38-39-74(59,14)15)66-46-61-60(75(16,17)56-22-20-21-23-57(56)76(61,18)19)44-63(66)77(69)62-37-36-55(43-65(62)79(67)54-34-28-51(29-35-54)72(9,10)11)78(52-30-24-49(25-31-52)70(3,4)5)53-32-26-50(27-33-53)71(6,7)8/h20-37,40-46H,38-39H2,1-19H3. The third-order valence-corrected chi connectivity index (χ3v) is 19.6. The number of aryl methyl sites for hydroxylation is 2. The SMILES string of the molecule is Cc1cc2c3c(c1)N(c1cc4c(cc1C)C(C)(C)CCC4(C)C)c1cc4c(cc1B3c1ccc(N(c3ccc(C(C)(C)C)cc3)c3ccc(C(C)(C)C)cc3)cc1N2c1ccc(C(C)(C)C)cc1)C(C)(C)c1ccccc1C4(C)C. The Labute approximate surface area is 481 Å². The second-order valence-electron chi connectivity index (χ2n) is 30.0. The molecule has 2 heterocycles. The van der Waals surface area contributed by atoms with E-state index >= 15 is 0 Å². The maximum atomic E-state index is 2.72. The lowest BCUT2D eigenvalue weighted by Crippen LogP contribution is -2.62. The first-order valence-corrected chi connectivity index (χ1v) is 29.8. The smallest absolute Gasteiger partial charge is 0.252 e. The normalized spacial score (nSPS) is 17.2. The topological polar surface area (TPSA) is 9.72 Å². The first kappa shape index (κ1) is 53.8. The monoisotopic (exact) mass is 1050 g/mol. The lowest BCUT2D eigenvalue weighted by Gasteiger charge is -2.49. The minimum absolute atomic E-state index is 0.00734. The van der Waals surface area contributed by atoms with E-state index in [1.807, 2.05) is 0 Å². The van der Waals surface area contributed by atoms with E-state index in [1.165, 1.54) is 112 Å². The van der Waals surface area contributed by atoms with Gasteiger partial charge in [0.15, 0.2) is 0 Å². The van der Waals surface area contributed by atoms with Gasteiger partial charge in [-0.2, -0.15) is 0 Å². The van der Waals surface area contributed by atoms with Gasteiger partial charge in [0, 0.05) is 62.0 Å². The first-order chi connectivity index (χ1) is 37.4. The van der Waals surface area contributed by atoms with Crippen LogP contribution in [0.4, 0.5) is 51.2 Å². The Morgan fingerprint density at radius 2 is 0.812 bits per heavy atom. The van der Waals surface area contributed by atoms with Gasteiger partial charge in [-0.25, -0.2) is 0 Å². The fourth-order valence-corrected chi connectivity index (χ4v) is 14.5. The molecule has 0 saturated heterocycles. The summed E-state index contributed by atoms with van der Waals surface area (Å²) in [7, 11) is 0. The first-order valence-electron chi connectivity index (χ1n) is 29.8. The third kappa shape index (κ3) is 8.42. The molecular weight excluding hydrogens is 966 g/mol. The molecule has 0 amide bonds. The molecule has 0 spiro atoms. The summed E-state index contributed by atoms with van der Waals surface area (Å²) in [6, 6.07) is 60.3. The minimum Gasteiger partial charge on any atom is -0.311 e. The number of nitrogens with zero attached hydrogens (tertiary/aromatic N) is 3. The largest absolute Gasteiger partial charge is 0.311 e. The molecule has 0 N–H and O–H groups in total. The highest BCUT2D eigenvalue weighted by Gasteiger charge is 2.49. The van der Waals surface area contributed by atoms with Crippen LogP contribution in [0, 0.1) is 13.8 Å². The quantitative estimate of drug-likeness (QED) is 0.159. The Morgan fingerprint density at radius 3 is 1.31 bits per heavy atom. The van der Waals surface area contributed by atoms with E-state index in [-0.39, 0.29) is 44.6 Å². The van der Waals surface area contributed by atoms with Gasteiger partial charge in [-0.1, -0.05) is 197 Å². The van der Waals surface area contributed by atoms with Crippen molar-refractivity contribution >= 4 is 74.3 Å². The lowest BCUT2D eigenvalue weighted by molar-refractivity contribution is 0.332. The van der Waals surface area contributed by atoms with Crippen LogP contribution in [-0.4, -0.2) is 6.71 Å². The molecule has 0 fully saturated rings. The summed E-state index contributed by atoms with van der Waals surface area (Å²) in [4.78, 5) is 7.82. The van der Waals surface area contributed by atoms with Gasteiger partial charge < -0.3 is 14.7 Å². The zero-order valence-electron chi connectivity index (χ0n) is 51.8. The number of benzene rings is 8. The van der Waals surface area contributed by atoms with Crippen molar-refractivity contribution in [3.05, 3.63) is 213 Å². The molecule has 2 aliphatic carbocycles. The van der Waals surface area contributed by atoms with Crippen LogP contribution in [0.3, 0.4) is 0 Å². The lowest BCUT2D eigenvalue weighted by atomic mass is 9.33. The molecule has 2 aliphatic heterocycles. The second-order valence-corrected chi connectivity index (χ2v) is 30.0. The summed E-state index contributed by atoms with van der Waals surface area (Å²) < 4.78 is 0. The maximum absolute atomic E-state index is 2.72. The molecule has 0 bridgehead atoms.